The van der Waals surface area contributed by atoms with Crippen LogP contribution in [0.15, 0.2) is 84.5 Å². The molecule has 2 aromatic heterocycles. The first-order valence-electron chi connectivity index (χ1n) is 11.8. The molecule has 4 aromatic rings. The normalized spacial score (nSPS) is 14.1. The second-order valence-corrected chi connectivity index (χ2v) is 9.35. The number of aromatic nitrogens is 3. The Balaban J connectivity index is 1.18. The van der Waals surface area contributed by atoms with Crippen LogP contribution in [0, 0.1) is 0 Å². The molecule has 5 rings (SSSR count). The largest absolute Gasteiger partial charge is 0.340 e. The van der Waals surface area contributed by atoms with Crippen LogP contribution in [0.1, 0.15) is 33.5 Å². The lowest BCUT2D eigenvalue weighted by molar-refractivity contribution is -0.132. The van der Waals surface area contributed by atoms with Gasteiger partial charge < -0.3 is 4.90 Å². The first kappa shape index (κ1) is 23.8. The Morgan fingerprint density at radius 3 is 2.08 bits per heavy atom. The fourth-order valence-corrected chi connectivity index (χ4v) is 5.10. The molecule has 3 heterocycles. The van der Waals surface area contributed by atoms with E-state index in [0.29, 0.717) is 23.9 Å². The van der Waals surface area contributed by atoms with E-state index in [0.717, 1.165) is 13.1 Å². The van der Waals surface area contributed by atoms with Crippen LogP contribution in [-0.4, -0.2) is 62.7 Å². The number of carbonyl (C=O) groups is 2. The number of carbonyl (C=O) groups excluding carboxylic acids is 2. The van der Waals surface area contributed by atoms with E-state index in [1.165, 1.54) is 34.9 Å². The van der Waals surface area contributed by atoms with Crippen molar-refractivity contribution in [3.05, 3.63) is 107 Å². The molecule has 182 valence electrons. The van der Waals surface area contributed by atoms with E-state index in [-0.39, 0.29) is 24.2 Å². The summed E-state index contributed by atoms with van der Waals surface area (Å²) < 4.78 is 0. The Morgan fingerprint density at radius 1 is 0.861 bits per heavy atom. The Hall–Kier alpha value is -3.95. The third-order valence-corrected chi connectivity index (χ3v) is 6.94. The number of rotatable bonds is 7. The van der Waals surface area contributed by atoms with E-state index < -0.39 is 5.91 Å². The number of hydrogen-bond acceptors (Lipinski definition) is 7. The smallest absolute Gasteiger partial charge is 0.295 e. The fourth-order valence-electron chi connectivity index (χ4n) is 4.40. The summed E-state index contributed by atoms with van der Waals surface area (Å²) >= 11 is 1.28. The van der Waals surface area contributed by atoms with Crippen LogP contribution in [0.4, 0.5) is 5.13 Å². The molecule has 0 radical (unpaired) electrons. The molecule has 36 heavy (non-hydrogen) atoms. The van der Waals surface area contributed by atoms with Crippen molar-refractivity contribution in [2.24, 2.45) is 0 Å². The van der Waals surface area contributed by atoms with Crippen LogP contribution in [0.3, 0.4) is 0 Å². The van der Waals surface area contributed by atoms with Gasteiger partial charge >= 0.3 is 0 Å². The lowest BCUT2D eigenvalue weighted by Gasteiger charge is -2.39. The van der Waals surface area contributed by atoms with Crippen LogP contribution >= 0.6 is 11.3 Å². The Bertz CT molecular complexity index is 1250. The number of anilines is 1. The van der Waals surface area contributed by atoms with Crippen LogP contribution in [0.2, 0.25) is 0 Å². The molecule has 0 atom stereocenters. The highest BCUT2D eigenvalue weighted by Gasteiger charge is 2.28. The molecule has 0 spiro atoms. The lowest BCUT2D eigenvalue weighted by atomic mass is 9.96. The fraction of sp³-hybridized carbons (Fsp3) is 0.222. The molecule has 1 fully saturated rings. The third-order valence-electron chi connectivity index (χ3n) is 6.14. The molecule has 8 nitrogen and oxygen atoms in total. The van der Waals surface area contributed by atoms with E-state index in [1.807, 2.05) is 17.0 Å². The van der Waals surface area contributed by atoms with Crippen LogP contribution in [-0.2, 0) is 11.2 Å². The van der Waals surface area contributed by atoms with Gasteiger partial charge in [-0.1, -0.05) is 60.7 Å². The zero-order valence-corrected chi connectivity index (χ0v) is 20.5. The van der Waals surface area contributed by atoms with Gasteiger partial charge in [0.2, 0.25) is 11.7 Å². The van der Waals surface area contributed by atoms with Gasteiger partial charge in [0.05, 0.1) is 18.2 Å². The summed E-state index contributed by atoms with van der Waals surface area (Å²) in [5, 5.41) is 4.92. The monoisotopic (exact) mass is 498 g/mol. The molecule has 1 saturated heterocycles. The predicted octanol–water partition coefficient (Wildman–Crippen LogP) is 3.66. The summed E-state index contributed by atoms with van der Waals surface area (Å²) in [7, 11) is 0. The molecule has 0 saturated carbocycles. The maximum Gasteiger partial charge on any atom is 0.295 e. The molecule has 0 unspecified atom stereocenters. The number of benzene rings is 2. The maximum absolute atomic E-state index is 13.0. The summed E-state index contributed by atoms with van der Waals surface area (Å²) in [6.07, 6.45) is 3.22. The second kappa shape index (κ2) is 11.2. The summed E-state index contributed by atoms with van der Waals surface area (Å²) in [5.74, 6) is -0.307. The number of thiazole rings is 1. The SMILES string of the molecule is O=C(Nc1nc(CC(=O)N2CCN(C(c3ccccc3)c3ccccc3)CC2)cs1)c1ncccn1. The average molecular weight is 499 g/mol. The zero-order valence-electron chi connectivity index (χ0n) is 19.7. The molecular weight excluding hydrogens is 472 g/mol. The van der Waals surface area contributed by atoms with Gasteiger partial charge in [-0.2, -0.15) is 0 Å². The Labute approximate surface area is 213 Å². The molecule has 0 aliphatic carbocycles. The predicted molar refractivity (Wildman–Crippen MR) is 139 cm³/mol. The lowest BCUT2D eigenvalue weighted by Crippen LogP contribution is -2.50. The van der Waals surface area contributed by atoms with Crippen LogP contribution < -0.4 is 5.32 Å². The summed E-state index contributed by atoms with van der Waals surface area (Å²) in [6, 6.07) is 22.8. The minimum absolute atomic E-state index is 0.0418. The van der Waals surface area contributed by atoms with E-state index in [4.69, 9.17) is 0 Å². The van der Waals surface area contributed by atoms with Gasteiger partial charge in [0, 0.05) is 44.0 Å². The molecule has 9 heteroatoms. The molecule has 2 amide bonds. The molecule has 1 aliphatic rings. The Morgan fingerprint density at radius 2 is 1.47 bits per heavy atom. The highest BCUT2D eigenvalue weighted by atomic mass is 32.1. The first-order chi connectivity index (χ1) is 17.7. The number of piperazine rings is 1. The van der Waals surface area contributed by atoms with E-state index in [1.54, 1.807) is 11.4 Å². The van der Waals surface area contributed by atoms with Crippen molar-refractivity contribution in [3.8, 4) is 0 Å². The van der Waals surface area contributed by atoms with Gasteiger partial charge in [-0.25, -0.2) is 15.0 Å². The van der Waals surface area contributed by atoms with Crippen molar-refractivity contribution in [2.45, 2.75) is 12.5 Å². The topological polar surface area (TPSA) is 91.3 Å². The summed E-state index contributed by atoms with van der Waals surface area (Å²) in [6.45, 7) is 2.90. The molecule has 2 aromatic carbocycles. The van der Waals surface area contributed by atoms with E-state index in [9.17, 15) is 9.59 Å². The standard InChI is InChI=1S/C27H26N6O2S/c34-23(18-22-19-36-27(30-22)31-26(35)25-28-12-7-13-29-25)32-14-16-33(17-15-32)24(20-8-3-1-4-9-20)21-10-5-2-6-11-21/h1-13,19,24H,14-18H2,(H,30,31,35). The molecular formula is C27H26N6O2S. The minimum Gasteiger partial charge on any atom is -0.340 e. The number of amides is 2. The van der Waals surface area contributed by atoms with E-state index in [2.05, 4.69) is 73.7 Å². The maximum atomic E-state index is 13.0. The minimum atomic E-state index is -0.426. The van der Waals surface area contributed by atoms with Crippen molar-refractivity contribution in [2.75, 3.05) is 31.5 Å². The van der Waals surface area contributed by atoms with E-state index >= 15 is 0 Å². The van der Waals surface area contributed by atoms with Crippen molar-refractivity contribution in [1.29, 1.82) is 0 Å². The van der Waals surface area contributed by atoms with Gasteiger partial charge in [-0.15, -0.1) is 11.3 Å². The van der Waals surface area contributed by atoms with Gasteiger partial charge in [0.15, 0.2) is 5.13 Å². The van der Waals surface area contributed by atoms with Crippen LogP contribution in [0.25, 0.3) is 0 Å². The zero-order chi connectivity index (χ0) is 24.7. The molecule has 1 aliphatic heterocycles. The highest BCUT2D eigenvalue weighted by Crippen LogP contribution is 2.29. The van der Waals surface area contributed by atoms with Crippen LogP contribution in [0.5, 0.6) is 0 Å². The molecule has 0 bridgehead atoms. The van der Waals surface area contributed by atoms with Gasteiger partial charge in [0.1, 0.15) is 0 Å². The Kier molecular flexibility index (Phi) is 7.39. The van der Waals surface area contributed by atoms with Crippen molar-refractivity contribution in [3.63, 3.8) is 0 Å². The quantitative estimate of drug-likeness (QED) is 0.418. The second-order valence-electron chi connectivity index (χ2n) is 8.49. The van der Waals surface area contributed by atoms with Gasteiger partial charge in [-0.05, 0) is 17.2 Å². The van der Waals surface area contributed by atoms with Gasteiger partial charge in [-0.3, -0.25) is 19.8 Å². The first-order valence-corrected chi connectivity index (χ1v) is 12.7. The van der Waals surface area contributed by atoms with Crippen molar-refractivity contribution >= 4 is 28.3 Å². The van der Waals surface area contributed by atoms with Crippen molar-refractivity contribution in [1.82, 2.24) is 24.8 Å². The number of nitrogens with one attached hydrogen (secondary N) is 1. The number of hydrogen-bond donors (Lipinski definition) is 1. The average Bonchev–Trinajstić information content (AvgIpc) is 3.37. The third kappa shape index (κ3) is 5.64. The summed E-state index contributed by atoms with van der Waals surface area (Å²) in [5.41, 5.74) is 3.14. The van der Waals surface area contributed by atoms with Gasteiger partial charge in [0.25, 0.3) is 5.91 Å². The highest BCUT2D eigenvalue weighted by molar-refractivity contribution is 7.14. The molecule has 1 N–H and O–H groups in total. The summed E-state index contributed by atoms with van der Waals surface area (Å²) in [4.78, 5) is 41.9. The number of nitrogens with zero attached hydrogens (tertiary/aromatic N) is 5. The van der Waals surface area contributed by atoms with Crippen molar-refractivity contribution < 1.29 is 9.59 Å².